The fraction of sp³-hybridized carbons (Fsp3) is 0.750. The summed E-state index contributed by atoms with van der Waals surface area (Å²) in [5.41, 5.74) is 6.04. The lowest BCUT2D eigenvalue weighted by atomic mass is 10.1. The molecule has 3 nitrogen and oxygen atoms in total. The molecule has 1 heterocycles. The summed E-state index contributed by atoms with van der Waals surface area (Å²) < 4.78 is 2.06. The van der Waals surface area contributed by atoms with Gasteiger partial charge in [-0.25, -0.2) is 4.68 Å². The Morgan fingerprint density at radius 2 is 2.06 bits per heavy atom. The van der Waals surface area contributed by atoms with Gasteiger partial charge in [-0.2, -0.15) is 5.10 Å². The van der Waals surface area contributed by atoms with Gasteiger partial charge in [0, 0.05) is 6.07 Å². The van der Waals surface area contributed by atoms with E-state index in [1.54, 1.807) is 11.8 Å². The van der Waals surface area contributed by atoms with Gasteiger partial charge in [-0.3, -0.25) is 0 Å². The number of hydrogen-bond donors (Lipinski definition) is 1. The van der Waals surface area contributed by atoms with Gasteiger partial charge in [0.15, 0.2) is 0 Å². The molecule has 1 aliphatic rings. The first-order chi connectivity index (χ1) is 7.81. The van der Waals surface area contributed by atoms with Crippen LogP contribution >= 0.6 is 11.8 Å². The quantitative estimate of drug-likeness (QED) is 0.649. The highest BCUT2D eigenvalue weighted by atomic mass is 32.2. The van der Waals surface area contributed by atoms with Crippen LogP contribution in [-0.2, 0) is 0 Å². The molecule has 1 aromatic heterocycles. The molecule has 1 fully saturated rings. The molecule has 0 aromatic carbocycles. The van der Waals surface area contributed by atoms with E-state index in [2.05, 4.69) is 16.7 Å². The van der Waals surface area contributed by atoms with Gasteiger partial charge in [0.25, 0.3) is 0 Å². The first-order valence-corrected chi connectivity index (χ1v) is 7.27. The number of thioether (sulfide) groups is 1. The minimum Gasteiger partial charge on any atom is -0.384 e. The van der Waals surface area contributed by atoms with E-state index in [0.717, 1.165) is 16.6 Å². The van der Waals surface area contributed by atoms with Crippen molar-refractivity contribution < 1.29 is 0 Å². The third-order valence-corrected chi connectivity index (χ3v) is 3.99. The van der Waals surface area contributed by atoms with E-state index in [9.17, 15) is 0 Å². The van der Waals surface area contributed by atoms with E-state index in [1.165, 1.54) is 38.5 Å². The first kappa shape index (κ1) is 11.8. The molecule has 2 rings (SSSR count). The number of aromatic nitrogens is 2. The standard InChI is InChI=1S/C12H21N3S/c1-2-16-12-9-11(13)15(14-12)10-7-5-3-4-6-8-10/h9-10H,2-8,13H2,1H3. The molecular formula is C12H21N3S. The second-order valence-electron chi connectivity index (χ2n) is 4.43. The van der Waals surface area contributed by atoms with Crippen molar-refractivity contribution >= 4 is 17.6 Å². The van der Waals surface area contributed by atoms with Crippen LogP contribution in [0.5, 0.6) is 0 Å². The predicted molar refractivity (Wildman–Crippen MR) is 69.8 cm³/mol. The Kier molecular flexibility index (Phi) is 4.16. The topological polar surface area (TPSA) is 43.8 Å². The van der Waals surface area contributed by atoms with Crippen molar-refractivity contribution in [2.75, 3.05) is 11.5 Å². The highest BCUT2D eigenvalue weighted by molar-refractivity contribution is 7.99. The molecule has 0 amide bonds. The van der Waals surface area contributed by atoms with Crippen LogP contribution in [0.2, 0.25) is 0 Å². The van der Waals surface area contributed by atoms with Crippen molar-refractivity contribution in [3.63, 3.8) is 0 Å². The van der Waals surface area contributed by atoms with Crippen LogP contribution in [-0.4, -0.2) is 15.5 Å². The molecule has 1 aliphatic carbocycles. The Labute approximate surface area is 102 Å². The van der Waals surface area contributed by atoms with Crippen molar-refractivity contribution in [3.05, 3.63) is 6.07 Å². The number of rotatable bonds is 3. The highest BCUT2D eigenvalue weighted by Gasteiger charge is 2.17. The van der Waals surface area contributed by atoms with Gasteiger partial charge in [0.2, 0.25) is 0 Å². The third kappa shape index (κ3) is 2.73. The molecule has 4 heteroatoms. The molecule has 90 valence electrons. The number of hydrogen-bond acceptors (Lipinski definition) is 3. The molecule has 0 atom stereocenters. The monoisotopic (exact) mass is 239 g/mol. The van der Waals surface area contributed by atoms with Crippen LogP contribution in [0.1, 0.15) is 51.5 Å². The van der Waals surface area contributed by atoms with Crippen LogP contribution in [0.3, 0.4) is 0 Å². The van der Waals surface area contributed by atoms with Crippen LogP contribution in [0.4, 0.5) is 5.82 Å². The normalized spacial score (nSPS) is 18.6. The fourth-order valence-corrected chi connectivity index (χ4v) is 3.04. The Morgan fingerprint density at radius 3 is 2.69 bits per heavy atom. The average Bonchev–Trinajstić information content (AvgIpc) is 2.52. The minimum atomic E-state index is 0.536. The highest BCUT2D eigenvalue weighted by Crippen LogP contribution is 2.30. The number of anilines is 1. The summed E-state index contributed by atoms with van der Waals surface area (Å²) in [6, 6.07) is 2.55. The molecule has 0 radical (unpaired) electrons. The predicted octanol–water partition coefficient (Wildman–Crippen LogP) is 3.47. The smallest absolute Gasteiger partial charge is 0.123 e. The Bertz CT molecular complexity index is 327. The van der Waals surface area contributed by atoms with Gasteiger partial charge in [0.05, 0.1) is 6.04 Å². The van der Waals surface area contributed by atoms with Crippen molar-refractivity contribution in [1.82, 2.24) is 9.78 Å². The maximum atomic E-state index is 6.04. The summed E-state index contributed by atoms with van der Waals surface area (Å²) >= 11 is 1.77. The maximum Gasteiger partial charge on any atom is 0.123 e. The zero-order valence-corrected chi connectivity index (χ0v) is 10.8. The zero-order valence-electron chi connectivity index (χ0n) is 9.98. The second kappa shape index (κ2) is 5.62. The number of nitrogens with zero attached hydrogens (tertiary/aromatic N) is 2. The van der Waals surface area contributed by atoms with Gasteiger partial charge >= 0.3 is 0 Å². The lowest BCUT2D eigenvalue weighted by molar-refractivity contribution is 0.405. The van der Waals surface area contributed by atoms with Gasteiger partial charge in [-0.05, 0) is 18.6 Å². The summed E-state index contributed by atoms with van der Waals surface area (Å²) in [6.07, 6.45) is 7.85. The summed E-state index contributed by atoms with van der Waals surface area (Å²) in [7, 11) is 0. The minimum absolute atomic E-state index is 0.536. The lowest BCUT2D eigenvalue weighted by Gasteiger charge is -2.15. The van der Waals surface area contributed by atoms with E-state index >= 15 is 0 Å². The second-order valence-corrected chi connectivity index (χ2v) is 5.71. The molecule has 0 unspecified atom stereocenters. The van der Waals surface area contributed by atoms with Crippen LogP contribution in [0.15, 0.2) is 11.1 Å². The zero-order chi connectivity index (χ0) is 11.4. The number of nitrogen functional groups attached to an aromatic ring is 1. The molecule has 1 saturated carbocycles. The average molecular weight is 239 g/mol. The van der Waals surface area contributed by atoms with Gasteiger partial charge in [-0.15, -0.1) is 11.8 Å². The molecule has 1 aromatic rings. The largest absolute Gasteiger partial charge is 0.384 e. The molecule has 0 bridgehead atoms. The number of nitrogens with two attached hydrogens (primary N) is 1. The molecule has 2 N–H and O–H groups in total. The van der Waals surface area contributed by atoms with Crippen molar-refractivity contribution in [3.8, 4) is 0 Å². The summed E-state index contributed by atoms with van der Waals surface area (Å²) in [4.78, 5) is 0. The Morgan fingerprint density at radius 1 is 1.38 bits per heavy atom. The summed E-state index contributed by atoms with van der Waals surface area (Å²) in [5, 5.41) is 5.69. The van der Waals surface area contributed by atoms with E-state index < -0.39 is 0 Å². The Balaban J connectivity index is 2.11. The lowest BCUT2D eigenvalue weighted by Crippen LogP contribution is -2.12. The molecule has 0 saturated heterocycles. The maximum absolute atomic E-state index is 6.04. The molecule has 0 aliphatic heterocycles. The third-order valence-electron chi connectivity index (χ3n) is 3.20. The van der Waals surface area contributed by atoms with Crippen LogP contribution in [0, 0.1) is 0 Å². The fourth-order valence-electron chi connectivity index (χ4n) is 2.40. The summed E-state index contributed by atoms with van der Waals surface area (Å²) in [5.74, 6) is 1.89. The van der Waals surface area contributed by atoms with Crippen LogP contribution < -0.4 is 5.73 Å². The Hall–Kier alpha value is -0.640. The van der Waals surface area contributed by atoms with Crippen molar-refractivity contribution in [1.29, 1.82) is 0 Å². The van der Waals surface area contributed by atoms with E-state index in [-0.39, 0.29) is 0 Å². The van der Waals surface area contributed by atoms with Gasteiger partial charge in [0.1, 0.15) is 10.8 Å². The SMILES string of the molecule is CCSc1cc(N)n(C2CCCCCC2)n1. The first-order valence-electron chi connectivity index (χ1n) is 6.29. The molecule has 0 spiro atoms. The van der Waals surface area contributed by atoms with E-state index in [4.69, 9.17) is 5.73 Å². The van der Waals surface area contributed by atoms with Crippen LogP contribution in [0.25, 0.3) is 0 Å². The van der Waals surface area contributed by atoms with Gasteiger partial charge in [-0.1, -0.05) is 32.6 Å². The molecular weight excluding hydrogens is 218 g/mol. The molecule has 16 heavy (non-hydrogen) atoms. The van der Waals surface area contributed by atoms with E-state index in [0.29, 0.717) is 6.04 Å². The van der Waals surface area contributed by atoms with Gasteiger partial charge < -0.3 is 5.73 Å². The summed E-state index contributed by atoms with van der Waals surface area (Å²) in [6.45, 7) is 2.14. The van der Waals surface area contributed by atoms with E-state index in [1.807, 2.05) is 6.07 Å². The van der Waals surface area contributed by atoms with Crippen molar-refractivity contribution in [2.45, 2.75) is 56.5 Å². The van der Waals surface area contributed by atoms with Crippen molar-refractivity contribution in [2.24, 2.45) is 0 Å².